The Kier molecular flexibility index (Phi) is 5.00. The van der Waals surface area contributed by atoms with Crippen molar-refractivity contribution in [3.8, 4) is 0 Å². The minimum Gasteiger partial charge on any atom is -0.316 e. The lowest BCUT2D eigenvalue weighted by Crippen LogP contribution is -2.30. The summed E-state index contributed by atoms with van der Waals surface area (Å²) < 4.78 is 0. The van der Waals surface area contributed by atoms with Crippen LogP contribution in [-0.2, 0) is 6.54 Å². The van der Waals surface area contributed by atoms with Gasteiger partial charge in [-0.15, -0.1) is 0 Å². The summed E-state index contributed by atoms with van der Waals surface area (Å²) in [4.78, 5) is 16.5. The van der Waals surface area contributed by atoms with Crippen molar-refractivity contribution in [1.82, 2.24) is 15.4 Å². The summed E-state index contributed by atoms with van der Waals surface area (Å²) in [6.45, 7) is 2.12. The number of nitrogens with one attached hydrogen (secondary N) is 1. The van der Waals surface area contributed by atoms with Crippen LogP contribution in [0.3, 0.4) is 0 Å². The highest BCUT2D eigenvalue weighted by Gasteiger charge is 2.19. The molecule has 1 saturated heterocycles. The molecular formula is C18H21N3O2. The van der Waals surface area contributed by atoms with Crippen molar-refractivity contribution in [2.24, 2.45) is 0 Å². The number of hydrogen-bond acceptors (Lipinski definition) is 4. The highest BCUT2D eigenvalue weighted by Crippen LogP contribution is 2.23. The van der Waals surface area contributed by atoms with Gasteiger partial charge in [0.1, 0.15) is 5.69 Å². The molecule has 5 heteroatoms. The number of hydrogen-bond donors (Lipinski definition) is 2. The molecule has 1 aliphatic heterocycles. The van der Waals surface area contributed by atoms with Gasteiger partial charge >= 0.3 is 0 Å². The van der Waals surface area contributed by atoms with Crippen LogP contribution in [0, 0.1) is 0 Å². The summed E-state index contributed by atoms with van der Waals surface area (Å²) in [5, 5.41) is 14.2. The Labute approximate surface area is 135 Å². The molecule has 2 aromatic rings. The number of benzene rings is 1. The topological polar surface area (TPSA) is 65.5 Å². The van der Waals surface area contributed by atoms with E-state index in [0.717, 1.165) is 42.1 Å². The van der Waals surface area contributed by atoms with Crippen molar-refractivity contribution < 1.29 is 10.0 Å². The summed E-state index contributed by atoms with van der Waals surface area (Å²) in [6.07, 6.45) is 3.89. The number of rotatable bonds is 4. The number of nitrogens with zero attached hydrogens (tertiary/aromatic N) is 2. The maximum Gasteiger partial charge on any atom is 0.296 e. The van der Waals surface area contributed by atoms with E-state index < -0.39 is 5.91 Å². The standard InChI is InChI=1S/C18H21N3O2/c22-18(21(23)13-14-5-2-1-3-6-14)17-11-15(8-10-20-17)16-7-4-9-19-12-16/h1-3,5-6,8,10-11,16,19,23H,4,7,9,12-13H2. The van der Waals surface area contributed by atoms with E-state index in [0.29, 0.717) is 5.92 Å². The van der Waals surface area contributed by atoms with Gasteiger partial charge in [-0.05, 0) is 48.6 Å². The van der Waals surface area contributed by atoms with Crippen LogP contribution in [0.25, 0.3) is 0 Å². The first-order chi connectivity index (χ1) is 11.2. The molecule has 1 aliphatic rings. The van der Waals surface area contributed by atoms with E-state index in [4.69, 9.17) is 0 Å². The molecule has 1 aromatic carbocycles. The molecule has 0 spiro atoms. The van der Waals surface area contributed by atoms with Gasteiger partial charge in [0, 0.05) is 12.7 Å². The molecule has 2 N–H and O–H groups in total. The minimum absolute atomic E-state index is 0.149. The lowest BCUT2D eigenvalue weighted by molar-refractivity contribution is -0.0652. The van der Waals surface area contributed by atoms with Gasteiger partial charge in [-0.1, -0.05) is 30.3 Å². The summed E-state index contributed by atoms with van der Waals surface area (Å²) in [5.74, 6) is -0.0703. The van der Waals surface area contributed by atoms with E-state index >= 15 is 0 Å². The monoisotopic (exact) mass is 311 g/mol. The molecule has 1 atom stereocenters. The van der Waals surface area contributed by atoms with Crippen molar-refractivity contribution in [3.63, 3.8) is 0 Å². The van der Waals surface area contributed by atoms with Gasteiger partial charge in [0.25, 0.3) is 5.91 Å². The highest BCUT2D eigenvalue weighted by atomic mass is 16.5. The minimum atomic E-state index is -0.473. The predicted octanol–water partition coefficient (Wildman–Crippen LogP) is 2.58. The van der Waals surface area contributed by atoms with Gasteiger partial charge in [-0.25, -0.2) is 5.06 Å². The molecule has 0 aliphatic carbocycles. The highest BCUT2D eigenvalue weighted by molar-refractivity contribution is 5.91. The molecule has 0 bridgehead atoms. The van der Waals surface area contributed by atoms with Gasteiger partial charge in [0.05, 0.1) is 6.54 Å². The lowest BCUT2D eigenvalue weighted by atomic mass is 9.92. The molecule has 5 nitrogen and oxygen atoms in total. The van der Waals surface area contributed by atoms with Gasteiger partial charge in [-0.3, -0.25) is 15.0 Å². The maximum atomic E-state index is 12.4. The average molecular weight is 311 g/mol. The summed E-state index contributed by atoms with van der Waals surface area (Å²) in [7, 11) is 0. The molecule has 0 saturated carbocycles. The number of pyridine rings is 1. The molecule has 1 unspecified atom stereocenters. The summed E-state index contributed by atoms with van der Waals surface area (Å²) in [6, 6.07) is 13.1. The van der Waals surface area contributed by atoms with E-state index in [1.165, 1.54) is 0 Å². The largest absolute Gasteiger partial charge is 0.316 e. The second kappa shape index (κ2) is 7.35. The van der Waals surface area contributed by atoms with E-state index in [2.05, 4.69) is 10.3 Å². The van der Waals surface area contributed by atoms with Crippen molar-refractivity contribution in [2.75, 3.05) is 13.1 Å². The Balaban J connectivity index is 1.71. The van der Waals surface area contributed by atoms with Crippen molar-refractivity contribution >= 4 is 5.91 Å². The third kappa shape index (κ3) is 3.94. The fraction of sp³-hybridized carbons (Fsp3) is 0.333. The Morgan fingerprint density at radius 3 is 2.87 bits per heavy atom. The SMILES string of the molecule is O=C(c1cc(C2CCCNC2)ccn1)N(O)Cc1ccccc1. The third-order valence-corrected chi connectivity index (χ3v) is 4.18. The van der Waals surface area contributed by atoms with E-state index in [-0.39, 0.29) is 12.2 Å². The number of aromatic nitrogens is 1. The zero-order valence-corrected chi connectivity index (χ0v) is 13.0. The zero-order chi connectivity index (χ0) is 16.1. The van der Waals surface area contributed by atoms with Crippen LogP contribution in [0.1, 0.15) is 40.4 Å². The van der Waals surface area contributed by atoms with E-state index in [9.17, 15) is 10.0 Å². The molecule has 120 valence electrons. The first-order valence-electron chi connectivity index (χ1n) is 7.95. The van der Waals surface area contributed by atoms with E-state index in [1.54, 1.807) is 12.3 Å². The molecule has 1 amide bonds. The number of hydroxylamine groups is 2. The van der Waals surface area contributed by atoms with Crippen LogP contribution in [-0.4, -0.2) is 34.3 Å². The normalized spacial score (nSPS) is 17.7. The fourth-order valence-corrected chi connectivity index (χ4v) is 2.91. The van der Waals surface area contributed by atoms with Crippen LogP contribution in [0.15, 0.2) is 48.7 Å². The molecule has 23 heavy (non-hydrogen) atoms. The Morgan fingerprint density at radius 1 is 1.30 bits per heavy atom. The molecule has 0 radical (unpaired) electrons. The van der Waals surface area contributed by atoms with Gasteiger partial charge in [0.15, 0.2) is 0 Å². The smallest absolute Gasteiger partial charge is 0.296 e. The van der Waals surface area contributed by atoms with Crippen LogP contribution < -0.4 is 5.32 Å². The second-order valence-electron chi connectivity index (χ2n) is 5.87. The summed E-state index contributed by atoms with van der Waals surface area (Å²) >= 11 is 0. The third-order valence-electron chi connectivity index (χ3n) is 4.18. The maximum absolute atomic E-state index is 12.4. The van der Waals surface area contributed by atoms with Crippen molar-refractivity contribution in [1.29, 1.82) is 0 Å². The Bertz CT molecular complexity index is 654. The quantitative estimate of drug-likeness (QED) is 0.673. The molecule has 1 fully saturated rings. The van der Waals surface area contributed by atoms with Crippen LogP contribution in [0.4, 0.5) is 0 Å². The van der Waals surface area contributed by atoms with Crippen LogP contribution in [0.5, 0.6) is 0 Å². The number of piperidine rings is 1. The Morgan fingerprint density at radius 2 is 2.13 bits per heavy atom. The number of carbonyl (C=O) groups excluding carboxylic acids is 1. The van der Waals surface area contributed by atoms with Gasteiger partial charge < -0.3 is 5.32 Å². The molecule has 3 rings (SSSR count). The first kappa shape index (κ1) is 15.6. The average Bonchev–Trinajstić information content (AvgIpc) is 2.63. The zero-order valence-electron chi connectivity index (χ0n) is 13.0. The second-order valence-corrected chi connectivity index (χ2v) is 5.87. The summed E-state index contributed by atoms with van der Waals surface area (Å²) in [5.41, 5.74) is 2.26. The number of carbonyl (C=O) groups is 1. The van der Waals surface area contributed by atoms with Gasteiger partial charge in [-0.2, -0.15) is 0 Å². The number of amides is 1. The van der Waals surface area contributed by atoms with Crippen LogP contribution >= 0.6 is 0 Å². The van der Waals surface area contributed by atoms with Crippen molar-refractivity contribution in [3.05, 3.63) is 65.5 Å². The van der Waals surface area contributed by atoms with Crippen molar-refractivity contribution in [2.45, 2.75) is 25.3 Å². The molecule has 1 aromatic heterocycles. The van der Waals surface area contributed by atoms with Gasteiger partial charge in [0.2, 0.25) is 0 Å². The predicted molar refractivity (Wildman–Crippen MR) is 87.2 cm³/mol. The fourth-order valence-electron chi connectivity index (χ4n) is 2.91. The Hall–Kier alpha value is -2.24. The lowest BCUT2D eigenvalue weighted by Gasteiger charge is -2.23. The first-order valence-corrected chi connectivity index (χ1v) is 7.95. The molecular weight excluding hydrogens is 290 g/mol. The molecule has 2 heterocycles. The van der Waals surface area contributed by atoms with Crippen LogP contribution in [0.2, 0.25) is 0 Å². The van der Waals surface area contributed by atoms with E-state index in [1.807, 2.05) is 36.4 Å².